The summed E-state index contributed by atoms with van der Waals surface area (Å²) in [4.78, 5) is 14.1. The summed E-state index contributed by atoms with van der Waals surface area (Å²) in [5, 5.41) is 3.43. The molecule has 0 radical (unpaired) electrons. The van der Waals surface area contributed by atoms with Crippen LogP contribution >= 0.6 is 0 Å². The SMILES string of the molecule is CCCCOCCN1C(=O)CCC2CNCCC21. The molecule has 2 fully saturated rings. The Morgan fingerprint density at radius 2 is 2.28 bits per heavy atom. The van der Waals surface area contributed by atoms with Gasteiger partial charge in [0, 0.05) is 25.6 Å². The fraction of sp³-hybridized carbons (Fsp3) is 0.929. The Morgan fingerprint density at radius 3 is 3.11 bits per heavy atom. The number of unbranched alkanes of at least 4 members (excludes halogenated alkanes) is 1. The second kappa shape index (κ2) is 7.10. The van der Waals surface area contributed by atoms with Gasteiger partial charge in [-0.05, 0) is 38.3 Å². The normalized spacial score (nSPS) is 28.3. The van der Waals surface area contributed by atoms with Crippen molar-refractivity contribution in [1.82, 2.24) is 10.2 Å². The van der Waals surface area contributed by atoms with Crippen LogP contribution in [0.25, 0.3) is 0 Å². The molecule has 0 aromatic rings. The third-order valence-electron chi connectivity index (χ3n) is 4.14. The Bertz CT molecular complexity index is 271. The van der Waals surface area contributed by atoms with E-state index < -0.39 is 0 Å². The average Bonchev–Trinajstić information content (AvgIpc) is 2.41. The number of nitrogens with zero attached hydrogens (tertiary/aromatic N) is 1. The van der Waals surface area contributed by atoms with E-state index >= 15 is 0 Å². The van der Waals surface area contributed by atoms with Crippen LogP contribution in [-0.4, -0.2) is 49.7 Å². The summed E-state index contributed by atoms with van der Waals surface area (Å²) in [6, 6.07) is 0.460. The molecule has 4 nitrogen and oxygen atoms in total. The molecule has 104 valence electrons. The first-order chi connectivity index (χ1) is 8.83. The van der Waals surface area contributed by atoms with Crippen LogP contribution in [0.2, 0.25) is 0 Å². The highest BCUT2D eigenvalue weighted by molar-refractivity contribution is 5.77. The number of hydrogen-bond donors (Lipinski definition) is 1. The molecule has 2 saturated heterocycles. The highest BCUT2D eigenvalue weighted by Crippen LogP contribution is 2.28. The lowest BCUT2D eigenvalue weighted by Crippen LogP contribution is -2.55. The van der Waals surface area contributed by atoms with Gasteiger partial charge >= 0.3 is 0 Å². The van der Waals surface area contributed by atoms with E-state index in [2.05, 4.69) is 17.1 Å². The molecule has 2 aliphatic rings. The summed E-state index contributed by atoms with van der Waals surface area (Å²) < 4.78 is 5.60. The highest BCUT2D eigenvalue weighted by atomic mass is 16.5. The molecule has 0 saturated carbocycles. The Kier molecular flexibility index (Phi) is 5.45. The summed E-state index contributed by atoms with van der Waals surface area (Å²) in [7, 11) is 0. The minimum absolute atomic E-state index is 0.331. The third-order valence-corrected chi connectivity index (χ3v) is 4.14. The predicted octanol–water partition coefficient (Wildman–Crippen LogP) is 1.40. The van der Waals surface area contributed by atoms with E-state index in [9.17, 15) is 4.79 Å². The Morgan fingerprint density at radius 1 is 1.39 bits per heavy atom. The second-order valence-corrected chi connectivity index (χ2v) is 5.41. The fourth-order valence-corrected chi connectivity index (χ4v) is 3.05. The van der Waals surface area contributed by atoms with Gasteiger partial charge in [-0.25, -0.2) is 0 Å². The van der Waals surface area contributed by atoms with Gasteiger partial charge < -0.3 is 15.0 Å². The monoisotopic (exact) mass is 254 g/mol. The molecular weight excluding hydrogens is 228 g/mol. The zero-order chi connectivity index (χ0) is 12.8. The van der Waals surface area contributed by atoms with Crippen molar-refractivity contribution in [2.24, 2.45) is 5.92 Å². The number of hydrogen-bond acceptors (Lipinski definition) is 3. The molecule has 4 heteroatoms. The molecule has 2 atom stereocenters. The van der Waals surface area contributed by atoms with Crippen molar-refractivity contribution in [2.75, 3.05) is 32.8 Å². The maximum absolute atomic E-state index is 12.0. The highest BCUT2D eigenvalue weighted by Gasteiger charge is 2.36. The summed E-state index contributed by atoms with van der Waals surface area (Å²) in [5.74, 6) is 0.990. The first kappa shape index (κ1) is 13.8. The number of likely N-dealkylation sites (tertiary alicyclic amines) is 1. The predicted molar refractivity (Wildman–Crippen MR) is 71.4 cm³/mol. The molecule has 0 bridgehead atoms. The van der Waals surface area contributed by atoms with Crippen molar-refractivity contribution >= 4 is 5.91 Å². The van der Waals surface area contributed by atoms with Crippen LogP contribution in [0.15, 0.2) is 0 Å². The van der Waals surface area contributed by atoms with Gasteiger partial charge in [0.05, 0.1) is 6.61 Å². The smallest absolute Gasteiger partial charge is 0.222 e. The summed E-state index contributed by atoms with van der Waals surface area (Å²) in [6.07, 6.45) is 5.16. The van der Waals surface area contributed by atoms with E-state index in [-0.39, 0.29) is 0 Å². The zero-order valence-electron chi connectivity index (χ0n) is 11.5. The van der Waals surface area contributed by atoms with Crippen LogP contribution in [0.4, 0.5) is 0 Å². The van der Waals surface area contributed by atoms with E-state index in [0.717, 1.165) is 51.9 Å². The van der Waals surface area contributed by atoms with E-state index in [4.69, 9.17) is 4.74 Å². The standard InChI is InChI=1S/C14H26N2O2/c1-2-3-9-18-10-8-16-13-6-7-15-11-12(13)4-5-14(16)17/h12-13,15H,2-11H2,1H3. The molecule has 2 rings (SSSR count). The number of ether oxygens (including phenoxy) is 1. The molecule has 2 aliphatic heterocycles. The lowest BCUT2D eigenvalue weighted by molar-refractivity contribution is -0.140. The van der Waals surface area contributed by atoms with Crippen molar-refractivity contribution in [3.63, 3.8) is 0 Å². The quantitative estimate of drug-likeness (QED) is 0.729. The van der Waals surface area contributed by atoms with Crippen molar-refractivity contribution in [3.05, 3.63) is 0 Å². The van der Waals surface area contributed by atoms with Crippen LogP contribution in [0.1, 0.15) is 39.0 Å². The third kappa shape index (κ3) is 3.45. The Hall–Kier alpha value is -0.610. The lowest BCUT2D eigenvalue weighted by atomic mass is 9.84. The second-order valence-electron chi connectivity index (χ2n) is 5.41. The number of rotatable bonds is 6. The molecule has 18 heavy (non-hydrogen) atoms. The van der Waals surface area contributed by atoms with Crippen LogP contribution in [0.5, 0.6) is 0 Å². The molecule has 0 spiro atoms. The summed E-state index contributed by atoms with van der Waals surface area (Å²) in [5.41, 5.74) is 0. The molecule has 2 unspecified atom stereocenters. The minimum atomic E-state index is 0.331. The van der Waals surface area contributed by atoms with Crippen LogP contribution < -0.4 is 5.32 Å². The van der Waals surface area contributed by atoms with Gasteiger partial charge in [-0.15, -0.1) is 0 Å². The van der Waals surface area contributed by atoms with Crippen LogP contribution in [0, 0.1) is 5.92 Å². The van der Waals surface area contributed by atoms with E-state index in [1.807, 2.05) is 0 Å². The average molecular weight is 254 g/mol. The molecular formula is C14H26N2O2. The number of fused-ring (bicyclic) bond motifs is 1. The molecule has 0 aromatic carbocycles. The molecule has 0 aromatic heterocycles. The number of nitrogens with one attached hydrogen (secondary N) is 1. The van der Waals surface area contributed by atoms with Gasteiger partial charge in [-0.2, -0.15) is 0 Å². The van der Waals surface area contributed by atoms with Crippen molar-refractivity contribution in [1.29, 1.82) is 0 Å². The largest absolute Gasteiger partial charge is 0.380 e. The molecule has 0 aliphatic carbocycles. The number of piperidine rings is 2. The van der Waals surface area contributed by atoms with Gasteiger partial charge in [-0.1, -0.05) is 13.3 Å². The first-order valence-corrected chi connectivity index (χ1v) is 7.41. The van der Waals surface area contributed by atoms with Crippen molar-refractivity contribution in [3.8, 4) is 0 Å². The van der Waals surface area contributed by atoms with Gasteiger partial charge in [0.15, 0.2) is 0 Å². The van der Waals surface area contributed by atoms with Crippen molar-refractivity contribution < 1.29 is 9.53 Å². The topological polar surface area (TPSA) is 41.6 Å². The van der Waals surface area contributed by atoms with E-state index in [1.165, 1.54) is 6.42 Å². The first-order valence-electron chi connectivity index (χ1n) is 7.41. The van der Waals surface area contributed by atoms with Gasteiger partial charge in [0.1, 0.15) is 0 Å². The maximum Gasteiger partial charge on any atom is 0.222 e. The number of carbonyl (C=O) groups is 1. The molecule has 2 heterocycles. The van der Waals surface area contributed by atoms with Crippen LogP contribution in [0.3, 0.4) is 0 Å². The van der Waals surface area contributed by atoms with Gasteiger partial charge in [-0.3, -0.25) is 4.79 Å². The number of amides is 1. The molecule has 1 N–H and O–H groups in total. The Labute approximate surface area is 110 Å². The minimum Gasteiger partial charge on any atom is -0.380 e. The fourth-order valence-electron chi connectivity index (χ4n) is 3.05. The van der Waals surface area contributed by atoms with Crippen LogP contribution in [-0.2, 0) is 9.53 Å². The van der Waals surface area contributed by atoms with Gasteiger partial charge in [0.25, 0.3) is 0 Å². The maximum atomic E-state index is 12.0. The summed E-state index contributed by atoms with van der Waals surface area (Å²) in [6.45, 7) is 6.59. The van der Waals surface area contributed by atoms with E-state index in [1.54, 1.807) is 0 Å². The zero-order valence-corrected chi connectivity index (χ0v) is 11.5. The van der Waals surface area contributed by atoms with Gasteiger partial charge in [0.2, 0.25) is 5.91 Å². The number of carbonyl (C=O) groups excluding carboxylic acids is 1. The molecule has 1 amide bonds. The van der Waals surface area contributed by atoms with E-state index in [0.29, 0.717) is 24.5 Å². The summed E-state index contributed by atoms with van der Waals surface area (Å²) >= 11 is 0. The van der Waals surface area contributed by atoms with Crippen molar-refractivity contribution in [2.45, 2.75) is 45.1 Å². The lowest BCUT2D eigenvalue weighted by Gasteiger charge is -2.44. The Balaban J connectivity index is 1.78.